The molecule has 2 heterocycles. The zero-order chi connectivity index (χ0) is 12.9. The number of hydrogen-bond donors (Lipinski definition) is 1. The third kappa shape index (κ3) is 1.77. The molecule has 2 atom stereocenters. The minimum atomic E-state index is 0.0152. The molecule has 2 aliphatic heterocycles. The Hall–Kier alpha value is -0.860. The van der Waals surface area contributed by atoms with Crippen LogP contribution < -0.4 is 5.32 Å². The van der Waals surface area contributed by atoms with E-state index in [9.17, 15) is 0 Å². The standard InChI is InChI=1S/C17H23NO/c1-17-11-18-9-16(17)14-8-4-7-13(15(14)10-19-17)12-5-2-3-6-12/h4,7-8,12,16,18H,2-3,5-6,9-11H2,1H3/t16-,17-/m0/s1. The maximum atomic E-state index is 6.25. The molecule has 2 heteroatoms. The maximum Gasteiger partial charge on any atom is 0.0863 e. The number of fused-ring (bicyclic) bond motifs is 3. The van der Waals surface area contributed by atoms with Crippen molar-refractivity contribution in [3.05, 3.63) is 34.9 Å². The first-order valence-corrected chi connectivity index (χ1v) is 7.74. The number of benzene rings is 1. The molecular weight excluding hydrogens is 234 g/mol. The van der Waals surface area contributed by atoms with E-state index in [0.717, 1.165) is 25.6 Å². The van der Waals surface area contributed by atoms with E-state index in [-0.39, 0.29) is 5.60 Å². The van der Waals surface area contributed by atoms with Gasteiger partial charge in [0.25, 0.3) is 0 Å². The minimum Gasteiger partial charge on any atom is -0.369 e. The minimum absolute atomic E-state index is 0.0152. The van der Waals surface area contributed by atoms with Crippen molar-refractivity contribution in [2.75, 3.05) is 13.1 Å². The highest BCUT2D eigenvalue weighted by atomic mass is 16.5. The van der Waals surface area contributed by atoms with Crippen LogP contribution in [0.2, 0.25) is 0 Å². The first kappa shape index (κ1) is 11.9. The highest BCUT2D eigenvalue weighted by Crippen LogP contribution is 2.45. The van der Waals surface area contributed by atoms with Gasteiger partial charge < -0.3 is 10.1 Å². The van der Waals surface area contributed by atoms with Crippen LogP contribution in [0.15, 0.2) is 18.2 Å². The number of rotatable bonds is 1. The normalized spacial score (nSPS) is 34.3. The van der Waals surface area contributed by atoms with Crippen LogP contribution in [0.4, 0.5) is 0 Å². The van der Waals surface area contributed by atoms with E-state index in [4.69, 9.17) is 4.74 Å². The summed E-state index contributed by atoms with van der Waals surface area (Å²) in [6.45, 7) is 5.14. The van der Waals surface area contributed by atoms with Gasteiger partial charge in [0.15, 0.2) is 0 Å². The number of hydrogen-bond acceptors (Lipinski definition) is 2. The first-order chi connectivity index (χ1) is 9.28. The van der Waals surface area contributed by atoms with Gasteiger partial charge in [-0.2, -0.15) is 0 Å². The van der Waals surface area contributed by atoms with Gasteiger partial charge in [0, 0.05) is 19.0 Å². The molecule has 0 unspecified atom stereocenters. The Labute approximate surface area is 115 Å². The second-order valence-electron chi connectivity index (χ2n) is 6.68. The summed E-state index contributed by atoms with van der Waals surface area (Å²) >= 11 is 0. The summed E-state index contributed by atoms with van der Waals surface area (Å²) in [6.07, 6.45) is 5.54. The predicted molar refractivity (Wildman–Crippen MR) is 76.5 cm³/mol. The van der Waals surface area contributed by atoms with Gasteiger partial charge in [0.2, 0.25) is 0 Å². The van der Waals surface area contributed by atoms with Gasteiger partial charge >= 0.3 is 0 Å². The van der Waals surface area contributed by atoms with Crippen LogP contribution in [0.25, 0.3) is 0 Å². The molecular formula is C17H23NO. The van der Waals surface area contributed by atoms with Gasteiger partial charge in [-0.3, -0.25) is 0 Å². The molecule has 0 aromatic heterocycles. The summed E-state index contributed by atoms with van der Waals surface area (Å²) in [5, 5.41) is 3.51. The molecule has 0 spiro atoms. The fraction of sp³-hybridized carbons (Fsp3) is 0.647. The van der Waals surface area contributed by atoms with Crippen molar-refractivity contribution in [1.29, 1.82) is 0 Å². The molecule has 0 bridgehead atoms. The lowest BCUT2D eigenvalue weighted by Crippen LogP contribution is -2.40. The lowest BCUT2D eigenvalue weighted by atomic mass is 9.78. The Balaban J connectivity index is 1.77. The van der Waals surface area contributed by atoms with E-state index in [1.165, 1.54) is 31.2 Å². The summed E-state index contributed by atoms with van der Waals surface area (Å²) in [7, 11) is 0. The molecule has 1 saturated heterocycles. The van der Waals surface area contributed by atoms with Crippen LogP contribution in [0.3, 0.4) is 0 Å². The predicted octanol–water partition coefficient (Wildman–Crippen LogP) is 3.32. The fourth-order valence-corrected chi connectivity index (χ4v) is 4.37. The third-order valence-electron chi connectivity index (χ3n) is 5.53. The van der Waals surface area contributed by atoms with Crippen LogP contribution >= 0.6 is 0 Å². The fourth-order valence-electron chi connectivity index (χ4n) is 4.37. The van der Waals surface area contributed by atoms with Crippen molar-refractivity contribution < 1.29 is 4.74 Å². The third-order valence-corrected chi connectivity index (χ3v) is 5.53. The molecule has 1 aromatic carbocycles. The first-order valence-electron chi connectivity index (χ1n) is 7.74. The molecule has 0 radical (unpaired) electrons. The highest BCUT2D eigenvalue weighted by molar-refractivity contribution is 5.43. The van der Waals surface area contributed by atoms with Crippen LogP contribution in [-0.2, 0) is 11.3 Å². The summed E-state index contributed by atoms with van der Waals surface area (Å²) in [5.41, 5.74) is 4.68. The van der Waals surface area contributed by atoms with Crippen molar-refractivity contribution in [3.63, 3.8) is 0 Å². The Morgan fingerprint density at radius 2 is 2.00 bits per heavy atom. The molecule has 4 rings (SSSR count). The SMILES string of the molecule is C[C@]12CNC[C@H]1c1cccc(C3CCCC3)c1CO2. The molecule has 0 amide bonds. The van der Waals surface area contributed by atoms with E-state index in [1.54, 1.807) is 11.1 Å². The second kappa shape index (κ2) is 4.32. The topological polar surface area (TPSA) is 21.3 Å². The van der Waals surface area contributed by atoms with Crippen molar-refractivity contribution in [3.8, 4) is 0 Å². The molecule has 19 heavy (non-hydrogen) atoms. The van der Waals surface area contributed by atoms with Crippen LogP contribution in [0.1, 0.15) is 61.1 Å². The van der Waals surface area contributed by atoms with Crippen molar-refractivity contribution in [2.24, 2.45) is 0 Å². The molecule has 1 aliphatic carbocycles. The number of ether oxygens (including phenoxy) is 1. The average Bonchev–Trinajstić information content (AvgIpc) is 3.06. The van der Waals surface area contributed by atoms with Crippen LogP contribution in [0, 0.1) is 0 Å². The van der Waals surface area contributed by atoms with Gasteiger partial charge in [0.1, 0.15) is 0 Å². The summed E-state index contributed by atoms with van der Waals surface area (Å²) in [4.78, 5) is 0. The molecule has 2 fully saturated rings. The van der Waals surface area contributed by atoms with Gasteiger partial charge in [0.05, 0.1) is 12.2 Å². The summed E-state index contributed by atoms with van der Waals surface area (Å²) in [5.74, 6) is 1.33. The summed E-state index contributed by atoms with van der Waals surface area (Å²) in [6, 6.07) is 6.96. The molecule has 3 aliphatic rings. The molecule has 102 valence electrons. The highest BCUT2D eigenvalue weighted by Gasteiger charge is 2.45. The lowest BCUT2D eigenvalue weighted by Gasteiger charge is -2.38. The smallest absolute Gasteiger partial charge is 0.0863 e. The monoisotopic (exact) mass is 257 g/mol. The Bertz CT molecular complexity index is 492. The zero-order valence-electron chi connectivity index (χ0n) is 11.7. The Kier molecular flexibility index (Phi) is 2.71. The van der Waals surface area contributed by atoms with Crippen LogP contribution in [-0.4, -0.2) is 18.7 Å². The van der Waals surface area contributed by atoms with Gasteiger partial charge in [-0.1, -0.05) is 31.0 Å². The van der Waals surface area contributed by atoms with Gasteiger partial charge in [-0.25, -0.2) is 0 Å². The van der Waals surface area contributed by atoms with E-state index in [2.05, 4.69) is 30.4 Å². The Morgan fingerprint density at radius 3 is 2.84 bits per heavy atom. The van der Waals surface area contributed by atoms with Crippen LogP contribution in [0.5, 0.6) is 0 Å². The van der Waals surface area contributed by atoms with E-state index < -0.39 is 0 Å². The number of nitrogens with one attached hydrogen (secondary N) is 1. The van der Waals surface area contributed by atoms with Crippen molar-refractivity contribution in [1.82, 2.24) is 5.32 Å². The molecule has 2 nitrogen and oxygen atoms in total. The van der Waals surface area contributed by atoms with Crippen molar-refractivity contribution in [2.45, 2.75) is 56.7 Å². The Morgan fingerprint density at radius 1 is 1.21 bits per heavy atom. The van der Waals surface area contributed by atoms with E-state index in [0.29, 0.717) is 5.92 Å². The second-order valence-corrected chi connectivity index (χ2v) is 6.68. The van der Waals surface area contributed by atoms with Crippen molar-refractivity contribution >= 4 is 0 Å². The lowest BCUT2D eigenvalue weighted by molar-refractivity contribution is -0.0522. The zero-order valence-corrected chi connectivity index (χ0v) is 11.7. The summed E-state index contributed by atoms with van der Waals surface area (Å²) < 4.78 is 6.25. The molecule has 1 aromatic rings. The van der Waals surface area contributed by atoms with Gasteiger partial charge in [-0.15, -0.1) is 0 Å². The molecule has 1 saturated carbocycles. The van der Waals surface area contributed by atoms with E-state index >= 15 is 0 Å². The quantitative estimate of drug-likeness (QED) is 0.833. The largest absolute Gasteiger partial charge is 0.369 e. The van der Waals surface area contributed by atoms with Gasteiger partial charge in [-0.05, 0) is 42.4 Å². The maximum absolute atomic E-state index is 6.25. The average molecular weight is 257 g/mol. The van der Waals surface area contributed by atoms with E-state index in [1.807, 2.05) is 0 Å². The molecule has 1 N–H and O–H groups in total.